The quantitative estimate of drug-likeness (QED) is 0.703. The van der Waals surface area contributed by atoms with Gasteiger partial charge in [0.05, 0.1) is 5.92 Å². The molecule has 1 aliphatic heterocycles. The van der Waals surface area contributed by atoms with Gasteiger partial charge in [0.1, 0.15) is 17.4 Å². The first-order valence-electron chi connectivity index (χ1n) is 7.42. The third-order valence-corrected chi connectivity index (χ3v) is 5.27. The van der Waals surface area contributed by atoms with Crippen molar-refractivity contribution >= 4 is 28.4 Å². The van der Waals surface area contributed by atoms with Gasteiger partial charge in [-0.2, -0.15) is 5.26 Å². The van der Waals surface area contributed by atoms with Gasteiger partial charge < -0.3 is 10.5 Å². The van der Waals surface area contributed by atoms with E-state index in [0.29, 0.717) is 29.7 Å². The molecular weight excluding hydrogens is 403 g/mol. The summed E-state index contributed by atoms with van der Waals surface area (Å²) in [6, 6.07) is 9.90. The number of allylic oxidation sites excluding steroid dienone is 3. The van der Waals surface area contributed by atoms with Crippen LogP contribution in [0.5, 0.6) is 0 Å². The number of nitrogens with zero attached hydrogens (tertiary/aromatic N) is 1. The number of Topliss-reactive ketones (excluding diaryl/α,β-unsaturated/α-hetero) is 1. The second-order valence-electron chi connectivity index (χ2n) is 6.72. The smallest absolute Gasteiger partial charge is 0.205 e. The molecule has 118 valence electrons. The number of hydrogen-bond donors (Lipinski definition) is 1. The maximum absolute atomic E-state index is 12.8. The van der Waals surface area contributed by atoms with Crippen molar-refractivity contribution in [2.45, 2.75) is 32.6 Å². The summed E-state index contributed by atoms with van der Waals surface area (Å²) in [4.78, 5) is 12.8. The first kappa shape index (κ1) is 16.1. The van der Waals surface area contributed by atoms with Crippen LogP contribution in [0, 0.1) is 20.3 Å². The van der Waals surface area contributed by atoms with E-state index in [2.05, 4.69) is 28.7 Å². The van der Waals surface area contributed by atoms with Crippen molar-refractivity contribution in [1.82, 2.24) is 0 Å². The molecule has 5 heteroatoms. The van der Waals surface area contributed by atoms with Crippen molar-refractivity contribution in [2.24, 2.45) is 11.1 Å². The Bertz CT molecular complexity index is 799. The number of rotatable bonds is 1. The van der Waals surface area contributed by atoms with E-state index in [1.54, 1.807) is 0 Å². The van der Waals surface area contributed by atoms with Gasteiger partial charge in [-0.15, -0.1) is 0 Å². The number of nitriles is 1. The molecule has 23 heavy (non-hydrogen) atoms. The normalized spacial score (nSPS) is 23.2. The number of hydrogen-bond acceptors (Lipinski definition) is 4. The summed E-state index contributed by atoms with van der Waals surface area (Å²) < 4.78 is 6.68. The van der Waals surface area contributed by atoms with Gasteiger partial charge in [-0.25, -0.2) is 0 Å². The largest absolute Gasteiger partial charge is 0.444 e. The third-order valence-electron chi connectivity index (χ3n) is 4.29. The van der Waals surface area contributed by atoms with Crippen LogP contribution in [-0.2, 0) is 9.53 Å². The van der Waals surface area contributed by atoms with Gasteiger partial charge >= 0.3 is 0 Å². The zero-order valence-corrected chi connectivity index (χ0v) is 15.2. The van der Waals surface area contributed by atoms with E-state index in [1.165, 1.54) is 0 Å². The highest BCUT2D eigenvalue weighted by atomic mass is 127. The number of benzene rings is 1. The molecule has 2 N–H and O–H groups in total. The molecule has 1 aromatic carbocycles. The minimum Gasteiger partial charge on any atom is -0.444 e. The second-order valence-corrected chi connectivity index (χ2v) is 7.89. The SMILES string of the molecule is CC1(C)CC(=O)C2=C(C1)OC(N)=C(C#N)[C@H]2c1ccccc1I. The third kappa shape index (κ3) is 2.76. The lowest BCUT2D eigenvalue weighted by Gasteiger charge is -2.37. The number of ether oxygens (including phenoxy) is 1. The number of nitrogens with two attached hydrogens (primary N) is 1. The van der Waals surface area contributed by atoms with E-state index in [4.69, 9.17) is 10.5 Å². The van der Waals surface area contributed by atoms with E-state index in [-0.39, 0.29) is 17.1 Å². The molecule has 3 rings (SSSR count). The molecule has 0 radical (unpaired) electrons. The molecule has 1 aliphatic carbocycles. The molecular formula is C18H17IN2O2. The van der Waals surface area contributed by atoms with Crippen LogP contribution in [0.1, 0.15) is 38.2 Å². The summed E-state index contributed by atoms with van der Waals surface area (Å²) in [6.07, 6.45) is 1.10. The van der Waals surface area contributed by atoms with Crippen molar-refractivity contribution < 1.29 is 9.53 Å². The van der Waals surface area contributed by atoms with E-state index in [0.717, 1.165) is 9.13 Å². The highest BCUT2D eigenvalue weighted by Gasteiger charge is 2.43. The molecule has 0 fully saturated rings. The fraction of sp³-hybridized carbons (Fsp3) is 0.333. The number of carbonyl (C=O) groups excluding carboxylic acids is 1. The van der Waals surface area contributed by atoms with Crippen LogP contribution in [0.4, 0.5) is 0 Å². The lowest BCUT2D eigenvalue weighted by molar-refractivity contribution is -0.119. The maximum atomic E-state index is 12.8. The van der Waals surface area contributed by atoms with Crippen molar-refractivity contribution in [3.8, 4) is 6.07 Å². The molecule has 1 aromatic rings. The summed E-state index contributed by atoms with van der Waals surface area (Å²) in [5.74, 6) is 0.343. The van der Waals surface area contributed by atoms with Crippen molar-refractivity contribution in [3.05, 3.63) is 56.2 Å². The Kier molecular flexibility index (Phi) is 3.96. The Morgan fingerprint density at radius 1 is 1.35 bits per heavy atom. The first-order valence-corrected chi connectivity index (χ1v) is 8.50. The van der Waals surface area contributed by atoms with Crippen LogP contribution in [0.25, 0.3) is 0 Å². The Morgan fingerprint density at radius 3 is 2.70 bits per heavy atom. The summed E-state index contributed by atoms with van der Waals surface area (Å²) in [6.45, 7) is 4.08. The summed E-state index contributed by atoms with van der Waals surface area (Å²) >= 11 is 2.23. The predicted molar refractivity (Wildman–Crippen MR) is 94.9 cm³/mol. The Morgan fingerprint density at radius 2 is 2.04 bits per heavy atom. The first-order chi connectivity index (χ1) is 10.8. The molecule has 0 aromatic heterocycles. The molecule has 0 amide bonds. The summed E-state index contributed by atoms with van der Waals surface area (Å²) in [7, 11) is 0. The van der Waals surface area contributed by atoms with Crippen LogP contribution in [0.15, 0.2) is 47.1 Å². The molecule has 2 aliphatic rings. The summed E-state index contributed by atoms with van der Waals surface area (Å²) in [5.41, 5.74) is 7.68. The van der Waals surface area contributed by atoms with E-state index >= 15 is 0 Å². The average molecular weight is 420 g/mol. The molecule has 0 bridgehead atoms. The van der Waals surface area contributed by atoms with Crippen molar-refractivity contribution in [3.63, 3.8) is 0 Å². The Labute approximate surface area is 149 Å². The van der Waals surface area contributed by atoms with E-state index < -0.39 is 5.92 Å². The Balaban J connectivity index is 2.22. The molecule has 4 nitrogen and oxygen atoms in total. The van der Waals surface area contributed by atoms with Crippen LogP contribution < -0.4 is 5.73 Å². The highest BCUT2D eigenvalue weighted by molar-refractivity contribution is 14.1. The average Bonchev–Trinajstić information content (AvgIpc) is 2.45. The monoisotopic (exact) mass is 420 g/mol. The number of halogens is 1. The fourth-order valence-electron chi connectivity index (χ4n) is 3.30. The lowest BCUT2D eigenvalue weighted by Crippen LogP contribution is -2.33. The molecule has 0 unspecified atom stereocenters. The van der Waals surface area contributed by atoms with Gasteiger partial charge in [0.25, 0.3) is 0 Å². The molecule has 0 spiro atoms. The Hall–Kier alpha value is -1.81. The number of ketones is 1. The van der Waals surface area contributed by atoms with Crippen molar-refractivity contribution in [2.75, 3.05) is 0 Å². The van der Waals surface area contributed by atoms with Gasteiger partial charge in [-0.1, -0.05) is 32.0 Å². The lowest BCUT2D eigenvalue weighted by atomic mass is 9.70. The number of carbonyl (C=O) groups is 1. The van der Waals surface area contributed by atoms with Gasteiger partial charge in [0, 0.05) is 22.0 Å². The molecule has 1 heterocycles. The zero-order chi connectivity index (χ0) is 16.8. The van der Waals surface area contributed by atoms with Crippen molar-refractivity contribution in [1.29, 1.82) is 5.26 Å². The van der Waals surface area contributed by atoms with Crippen LogP contribution in [-0.4, -0.2) is 5.78 Å². The van der Waals surface area contributed by atoms with Crippen LogP contribution in [0.2, 0.25) is 0 Å². The fourth-order valence-corrected chi connectivity index (χ4v) is 4.00. The second kappa shape index (κ2) is 5.68. The zero-order valence-electron chi connectivity index (χ0n) is 13.0. The van der Waals surface area contributed by atoms with E-state index in [9.17, 15) is 10.1 Å². The van der Waals surface area contributed by atoms with Gasteiger partial charge in [0.15, 0.2) is 5.78 Å². The van der Waals surface area contributed by atoms with Gasteiger partial charge in [-0.05, 0) is 39.6 Å². The van der Waals surface area contributed by atoms with Crippen LogP contribution >= 0.6 is 22.6 Å². The van der Waals surface area contributed by atoms with E-state index in [1.807, 2.05) is 38.1 Å². The minimum atomic E-state index is -0.430. The minimum absolute atomic E-state index is 0.0427. The maximum Gasteiger partial charge on any atom is 0.205 e. The highest BCUT2D eigenvalue weighted by Crippen LogP contribution is 2.48. The standard InChI is InChI=1S/C18H17IN2O2/c1-18(2)7-13(22)16-14(8-18)23-17(21)11(9-20)15(16)10-5-3-4-6-12(10)19/h3-6,15H,7-8,21H2,1-2H3/t15-/m1/s1. The molecule has 1 atom stereocenters. The van der Waals surface area contributed by atoms with Crippen LogP contribution in [0.3, 0.4) is 0 Å². The summed E-state index contributed by atoms with van der Waals surface area (Å²) in [5, 5.41) is 9.56. The predicted octanol–water partition coefficient (Wildman–Crippen LogP) is 3.74. The topological polar surface area (TPSA) is 76.1 Å². The van der Waals surface area contributed by atoms with Gasteiger partial charge in [-0.3, -0.25) is 4.79 Å². The molecule has 0 saturated carbocycles. The molecule has 0 saturated heterocycles. The van der Waals surface area contributed by atoms with Gasteiger partial charge in [0.2, 0.25) is 5.88 Å².